The van der Waals surface area contributed by atoms with E-state index < -0.39 is 12.2 Å². The third-order valence-corrected chi connectivity index (χ3v) is 5.44. The number of carbonyl (C=O) groups is 3. The number of rotatable bonds is 5. The maximum absolute atomic E-state index is 12.2. The number of morpholine rings is 1. The lowest BCUT2D eigenvalue weighted by molar-refractivity contribution is -0.125. The van der Waals surface area contributed by atoms with Gasteiger partial charge >= 0.3 is 6.09 Å². The molecule has 8 nitrogen and oxygen atoms in total. The van der Waals surface area contributed by atoms with Crippen LogP contribution in [0.15, 0.2) is 41.8 Å². The minimum Gasteiger partial charge on any atom is -0.442 e. The van der Waals surface area contributed by atoms with Crippen molar-refractivity contribution in [3.63, 3.8) is 0 Å². The van der Waals surface area contributed by atoms with E-state index in [2.05, 4.69) is 5.32 Å². The number of nitrogens with zero attached hydrogens (tertiary/aromatic N) is 2. The van der Waals surface area contributed by atoms with E-state index in [9.17, 15) is 14.4 Å². The number of cyclic esters (lactones) is 1. The van der Waals surface area contributed by atoms with E-state index in [0.29, 0.717) is 30.3 Å². The molecular formula is C19H19N3O5S. The Labute approximate surface area is 165 Å². The molecule has 3 amide bonds. The molecule has 1 N–H and O–H groups in total. The Bertz CT molecular complexity index is 868. The van der Waals surface area contributed by atoms with E-state index in [1.807, 2.05) is 11.4 Å². The van der Waals surface area contributed by atoms with Gasteiger partial charge in [-0.25, -0.2) is 4.79 Å². The van der Waals surface area contributed by atoms with Crippen LogP contribution in [0.25, 0.3) is 0 Å². The van der Waals surface area contributed by atoms with E-state index >= 15 is 0 Å². The summed E-state index contributed by atoms with van der Waals surface area (Å²) in [7, 11) is 0. The van der Waals surface area contributed by atoms with Crippen LogP contribution in [0.3, 0.4) is 0 Å². The Morgan fingerprint density at radius 3 is 2.57 bits per heavy atom. The fourth-order valence-electron chi connectivity index (χ4n) is 3.14. The monoisotopic (exact) mass is 401 g/mol. The lowest BCUT2D eigenvalue weighted by Crippen LogP contribution is -2.41. The van der Waals surface area contributed by atoms with Crippen molar-refractivity contribution in [3.05, 3.63) is 46.7 Å². The summed E-state index contributed by atoms with van der Waals surface area (Å²) >= 11 is 1.36. The number of hydrogen-bond acceptors (Lipinski definition) is 6. The third-order valence-electron chi connectivity index (χ3n) is 4.57. The van der Waals surface area contributed by atoms with Crippen molar-refractivity contribution in [2.24, 2.45) is 0 Å². The Morgan fingerprint density at radius 1 is 1.14 bits per heavy atom. The maximum Gasteiger partial charge on any atom is 0.414 e. The first-order valence-electron chi connectivity index (χ1n) is 8.90. The Kier molecular flexibility index (Phi) is 5.27. The summed E-state index contributed by atoms with van der Waals surface area (Å²) in [5.41, 5.74) is 1.45. The van der Waals surface area contributed by atoms with Crippen molar-refractivity contribution < 1.29 is 23.9 Å². The predicted molar refractivity (Wildman–Crippen MR) is 104 cm³/mol. The van der Waals surface area contributed by atoms with Crippen LogP contribution in [-0.2, 0) is 14.3 Å². The fraction of sp³-hybridized carbons (Fsp3) is 0.316. The highest BCUT2D eigenvalue weighted by Gasteiger charge is 2.32. The van der Waals surface area contributed by atoms with Crippen LogP contribution in [0.1, 0.15) is 9.67 Å². The Morgan fingerprint density at radius 2 is 1.89 bits per heavy atom. The number of hydrogen-bond donors (Lipinski definition) is 1. The zero-order valence-electron chi connectivity index (χ0n) is 15.0. The topological polar surface area (TPSA) is 88.2 Å². The highest BCUT2D eigenvalue weighted by atomic mass is 32.1. The van der Waals surface area contributed by atoms with E-state index in [1.165, 1.54) is 16.2 Å². The number of carbonyl (C=O) groups excluding carboxylic acids is 3. The molecule has 0 aliphatic carbocycles. The molecule has 0 bridgehead atoms. The summed E-state index contributed by atoms with van der Waals surface area (Å²) in [5.74, 6) is -0.259. The molecule has 2 saturated heterocycles. The average molecular weight is 401 g/mol. The van der Waals surface area contributed by atoms with Crippen LogP contribution in [0.2, 0.25) is 0 Å². The molecule has 0 radical (unpaired) electrons. The van der Waals surface area contributed by atoms with Gasteiger partial charge in [-0.1, -0.05) is 6.07 Å². The second-order valence-corrected chi connectivity index (χ2v) is 7.37. The molecule has 4 rings (SSSR count). The maximum atomic E-state index is 12.2. The van der Waals surface area contributed by atoms with E-state index in [4.69, 9.17) is 9.47 Å². The van der Waals surface area contributed by atoms with Crippen molar-refractivity contribution in [1.29, 1.82) is 0 Å². The van der Waals surface area contributed by atoms with Crippen molar-refractivity contribution >= 4 is 40.6 Å². The van der Waals surface area contributed by atoms with Crippen molar-refractivity contribution in [1.82, 2.24) is 5.32 Å². The predicted octanol–water partition coefficient (Wildman–Crippen LogP) is 1.87. The van der Waals surface area contributed by atoms with Crippen LogP contribution in [0, 0.1) is 0 Å². The number of anilines is 2. The lowest BCUT2D eigenvalue weighted by Gasteiger charge is -2.27. The van der Waals surface area contributed by atoms with E-state index in [1.54, 1.807) is 35.2 Å². The van der Waals surface area contributed by atoms with Crippen molar-refractivity contribution in [2.45, 2.75) is 6.10 Å². The van der Waals surface area contributed by atoms with Gasteiger partial charge in [-0.15, -0.1) is 11.3 Å². The van der Waals surface area contributed by atoms with Gasteiger partial charge in [-0.3, -0.25) is 14.5 Å². The fourth-order valence-corrected chi connectivity index (χ4v) is 3.78. The summed E-state index contributed by atoms with van der Waals surface area (Å²) in [6, 6.07) is 10.7. The normalized spacial score (nSPS) is 19.6. The van der Waals surface area contributed by atoms with Gasteiger partial charge in [0.25, 0.3) is 11.8 Å². The van der Waals surface area contributed by atoms with Crippen LogP contribution < -0.4 is 15.1 Å². The minimum absolute atomic E-state index is 0.0823. The zero-order chi connectivity index (χ0) is 19.5. The number of thiophene rings is 1. The highest BCUT2D eigenvalue weighted by molar-refractivity contribution is 7.12. The molecule has 0 saturated carbocycles. The standard InChI is InChI=1S/C19H19N3O5S/c23-17-12-26-8-7-21(17)13-3-5-14(6-4-13)22-11-15(27-19(22)25)10-20-18(24)16-2-1-9-28-16/h1-6,9,15H,7-8,10-12H2,(H,20,24)/t15-/m0/s1. The van der Waals surface area contributed by atoms with Gasteiger partial charge in [0.2, 0.25) is 0 Å². The summed E-state index contributed by atoms with van der Waals surface area (Å²) < 4.78 is 10.5. The SMILES string of the molecule is O=C(NC[C@H]1CN(c2ccc(N3CCOCC3=O)cc2)C(=O)O1)c1cccs1. The lowest BCUT2D eigenvalue weighted by atomic mass is 10.2. The molecule has 1 atom stereocenters. The molecule has 1 aromatic carbocycles. The minimum atomic E-state index is -0.453. The highest BCUT2D eigenvalue weighted by Crippen LogP contribution is 2.25. The second kappa shape index (κ2) is 7.99. The second-order valence-electron chi connectivity index (χ2n) is 6.42. The summed E-state index contributed by atoms with van der Waals surface area (Å²) in [4.78, 5) is 40.0. The number of benzene rings is 1. The van der Waals surface area contributed by atoms with E-state index in [0.717, 1.165) is 5.69 Å². The van der Waals surface area contributed by atoms with Crippen molar-refractivity contribution in [2.75, 3.05) is 42.6 Å². The summed E-state index contributed by atoms with van der Waals surface area (Å²) in [6.45, 7) is 1.69. The molecule has 1 aromatic heterocycles. The first-order valence-corrected chi connectivity index (χ1v) is 9.78. The molecule has 0 unspecified atom stereocenters. The summed E-state index contributed by atoms with van der Waals surface area (Å²) in [6.07, 6.45) is -0.873. The van der Waals surface area contributed by atoms with Crippen LogP contribution >= 0.6 is 11.3 Å². The third kappa shape index (κ3) is 3.85. The molecule has 9 heteroatoms. The molecule has 146 valence electrons. The molecule has 2 aliphatic rings. The summed E-state index contributed by atoms with van der Waals surface area (Å²) in [5, 5.41) is 4.62. The van der Waals surface area contributed by atoms with E-state index in [-0.39, 0.29) is 25.0 Å². The van der Waals surface area contributed by atoms with Gasteiger partial charge in [-0.2, -0.15) is 0 Å². The number of ether oxygens (including phenoxy) is 2. The quantitative estimate of drug-likeness (QED) is 0.826. The van der Waals surface area contributed by atoms with Gasteiger partial charge < -0.3 is 19.7 Å². The van der Waals surface area contributed by atoms with Crippen LogP contribution in [-0.4, -0.2) is 56.9 Å². The first kappa shape index (κ1) is 18.5. The number of amides is 3. The van der Waals surface area contributed by atoms with Crippen molar-refractivity contribution in [3.8, 4) is 0 Å². The molecule has 2 fully saturated rings. The number of nitrogens with one attached hydrogen (secondary N) is 1. The largest absolute Gasteiger partial charge is 0.442 e. The van der Waals surface area contributed by atoms with Gasteiger partial charge in [0.1, 0.15) is 12.7 Å². The van der Waals surface area contributed by atoms with Crippen LogP contribution in [0.4, 0.5) is 16.2 Å². The Balaban J connectivity index is 1.36. The zero-order valence-corrected chi connectivity index (χ0v) is 15.8. The smallest absolute Gasteiger partial charge is 0.414 e. The first-order chi connectivity index (χ1) is 13.6. The molecular weight excluding hydrogens is 382 g/mol. The molecule has 0 spiro atoms. The van der Waals surface area contributed by atoms with Gasteiger partial charge in [0.15, 0.2) is 0 Å². The van der Waals surface area contributed by atoms with Gasteiger partial charge in [0.05, 0.1) is 24.6 Å². The van der Waals surface area contributed by atoms with Gasteiger partial charge in [-0.05, 0) is 35.7 Å². The van der Waals surface area contributed by atoms with Gasteiger partial charge in [0, 0.05) is 17.9 Å². The molecule has 28 heavy (non-hydrogen) atoms. The molecule has 2 aromatic rings. The Hall–Kier alpha value is -2.91. The molecule has 2 aliphatic heterocycles. The van der Waals surface area contributed by atoms with Crippen LogP contribution in [0.5, 0.6) is 0 Å². The average Bonchev–Trinajstić information content (AvgIpc) is 3.37. The molecule has 3 heterocycles.